The molecule has 0 saturated heterocycles. The number of hydrogen-bond donors (Lipinski definition) is 1. The smallest absolute Gasteiger partial charge is 0.138 e. The van der Waals surface area contributed by atoms with E-state index in [4.69, 9.17) is 4.74 Å². The van der Waals surface area contributed by atoms with Crippen molar-refractivity contribution in [3.8, 4) is 5.75 Å². The van der Waals surface area contributed by atoms with Gasteiger partial charge >= 0.3 is 0 Å². The number of benzene rings is 1. The van der Waals surface area contributed by atoms with Crippen LogP contribution in [0.25, 0.3) is 0 Å². The maximum absolute atomic E-state index is 5.85. The van der Waals surface area contributed by atoms with Crippen molar-refractivity contribution < 1.29 is 4.74 Å². The Balaban J connectivity index is 1.31. The lowest BCUT2D eigenvalue weighted by molar-refractivity contribution is 0.300. The number of aromatic nitrogens is 4. The van der Waals surface area contributed by atoms with Crippen LogP contribution in [0.4, 0.5) is 0 Å². The molecule has 25 heavy (non-hydrogen) atoms. The average molecular weight is 335 g/mol. The summed E-state index contributed by atoms with van der Waals surface area (Å²) in [4.78, 5) is 8.55. The van der Waals surface area contributed by atoms with Crippen LogP contribution in [0.2, 0.25) is 0 Å². The highest BCUT2D eigenvalue weighted by molar-refractivity contribution is 5.28. The number of ether oxygens (including phenoxy) is 1. The van der Waals surface area contributed by atoms with Crippen LogP contribution in [0.3, 0.4) is 0 Å². The summed E-state index contributed by atoms with van der Waals surface area (Å²) in [5, 5.41) is 7.88. The van der Waals surface area contributed by atoms with Gasteiger partial charge in [-0.05, 0) is 36.2 Å². The van der Waals surface area contributed by atoms with Crippen molar-refractivity contribution in [2.75, 3.05) is 0 Å². The Hall–Kier alpha value is -2.73. The first-order valence-corrected chi connectivity index (χ1v) is 8.58. The van der Waals surface area contributed by atoms with E-state index in [1.54, 1.807) is 12.5 Å². The SMILES string of the molecule is c1ccc(COc2cccc(CNC3CCc4ncnn4C3)c2)nc1. The van der Waals surface area contributed by atoms with E-state index in [0.29, 0.717) is 12.6 Å². The summed E-state index contributed by atoms with van der Waals surface area (Å²) in [5.74, 6) is 1.95. The highest BCUT2D eigenvalue weighted by atomic mass is 16.5. The number of nitrogens with zero attached hydrogens (tertiary/aromatic N) is 4. The summed E-state index contributed by atoms with van der Waals surface area (Å²) in [7, 11) is 0. The molecule has 0 aliphatic carbocycles. The van der Waals surface area contributed by atoms with E-state index < -0.39 is 0 Å². The molecule has 0 saturated carbocycles. The van der Waals surface area contributed by atoms with Crippen LogP contribution < -0.4 is 10.1 Å². The van der Waals surface area contributed by atoms with E-state index in [-0.39, 0.29) is 0 Å². The van der Waals surface area contributed by atoms with Gasteiger partial charge in [0.05, 0.1) is 12.2 Å². The number of rotatable bonds is 6. The highest BCUT2D eigenvalue weighted by Gasteiger charge is 2.19. The molecule has 1 atom stereocenters. The van der Waals surface area contributed by atoms with E-state index in [2.05, 4.69) is 32.5 Å². The minimum Gasteiger partial charge on any atom is -0.487 e. The molecule has 1 aliphatic heterocycles. The number of hydrogen-bond acceptors (Lipinski definition) is 5. The Morgan fingerprint density at radius 1 is 1.16 bits per heavy atom. The van der Waals surface area contributed by atoms with Gasteiger partial charge < -0.3 is 10.1 Å². The van der Waals surface area contributed by atoms with Crippen molar-refractivity contribution in [3.05, 3.63) is 72.1 Å². The second-order valence-corrected chi connectivity index (χ2v) is 6.23. The third kappa shape index (κ3) is 4.03. The third-order valence-electron chi connectivity index (χ3n) is 4.41. The zero-order valence-corrected chi connectivity index (χ0v) is 14.0. The van der Waals surface area contributed by atoms with E-state index >= 15 is 0 Å². The zero-order valence-electron chi connectivity index (χ0n) is 14.0. The van der Waals surface area contributed by atoms with Crippen LogP contribution in [-0.4, -0.2) is 25.8 Å². The number of fused-ring (bicyclic) bond motifs is 1. The van der Waals surface area contributed by atoms with Crippen molar-refractivity contribution in [2.45, 2.75) is 38.6 Å². The summed E-state index contributed by atoms with van der Waals surface area (Å²) in [6.45, 7) is 2.18. The molecule has 0 spiro atoms. The number of pyridine rings is 1. The molecule has 0 radical (unpaired) electrons. The molecule has 3 aromatic rings. The second kappa shape index (κ2) is 7.44. The molecular weight excluding hydrogens is 314 g/mol. The lowest BCUT2D eigenvalue weighted by Crippen LogP contribution is -2.37. The van der Waals surface area contributed by atoms with Gasteiger partial charge in [-0.25, -0.2) is 9.67 Å². The van der Waals surface area contributed by atoms with Crippen molar-refractivity contribution in [1.82, 2.24) is 25.1 Å². The third-order valence-corrected chi connectivity index (χ3v) is 4.41. The monoisotopic (exact) mass is 335 g/mol. The minimum absolute atomic E-state index is 0.423. The van der Waals surface area contributed by atoms with Gasteiger partial charge in [-0.2, -0.15) is 5.10 Å². The summed E-state index contributed by atoms with van der Waals surface area (Å²) >= 11 is 0. The molecule has 0 fully saturated rings. The van der Waals surface area contributed by atoms with Gasteiger partial charge in [0, 0.05) is 25.2 Å². The van der Waals surface area contributed by atoms with Gasteiger partial charge in [0.2, 0.25) is 0 Å². The largest absolute Gasteiger partial charge is 0.487 e. The quantitative estimate of drug-likeness (QED) is 0.749. The van der Waals surface area contributed by atoms with Crippen LogP contribution in [0.1, 0.15) is 23.5 Å². The Morgan fingerprint density at radius 3 is 3.08 bits per heavy atom. The van der Waals surface area contributed by atoms with E-state index in [0.717, 1.165) is 43.2 Å². The first-order chi connectivity index (χ1) is 12.4. The topological polar surface area (TPSA) is 64.9 Å². The predicted octanol–water partition coefficient (Wildman–Crippen LogP) is 2.36. The fourth-order valence-corrected chi connectivity index (χ4v) is 3.05. The molecule has 0 amide bonds. The molecule has 1 aliphatic rings. The Bertz CT molecular complexity index is 817. The van der Waals surface area contributed by atoms with Crippen LogP contribution in [0.15, 0.2) is 55.0 Å². The number of aryl methyl sites for hydroxylation is 1. The second-order valence-electron chi connectivity index (χ2n) is 6.23. The fraction of sp³-hybridized carbons (Fsp3) is 0.316. The van der Waals surface area contributed by atoms with Crippen molar-refractivity contribution in [2.24, 2.45) is 0 Å². The molecule has 0 bridgehead atoms. The lowest BCUT2D eigenvalue weighted by Gasteiger charge is -2.23. The minimum atomic E-state index is 0.423. The standard InChI is InChI=1S/C19H21N5O/c1-2-9-20-17(5-1)13-25-18-6-3-4-15(10-18)11-21-16-7-8-19-22-14-23-24(19)12-16/h1-6,9-10,14,16,21H,7-8,11-13H2. The summed E-state index contributed by atoms with van der Waals surface area (Å²) in [5.41, 5.74) is 2.14. The van der Waals surface area contributed by atoms with Gasteiger partial charge in [0.25, 0.3) is 0 Å². The van der Waals surface area contributed by atoms with E-state index in [1.165, 1.54) is 5.56 Å². The summed E-state index contributed by atoms with van der Waals surface area (Å²) < 4.78 is 7.84. The van der Waals surface area contributed by atoms with Crippen molar-refractivity contribution in [1.29, 1.82) is 0 Å². The molecule has 128 valence electrons. The van der Waals surface area contributed by atoms with Gasteiger partial charge in [0.15, 0.2) is 0 Å². The molecular formula is C19H21N5O. The molecule has 1 N–H and O–H groups in total. The van der Waals surface area contributed by atoms with Gasteiger partial charge in [-0.3, -0.25) is 4.98 Å². The van der Waals surface area contributed by atoms with Crippen molar-refractivity contribution >= 4 is 0 Å². The molecule has 6 heteroatoms. The Labute approximate surface area is 146 Å². The van der Waals surface area contributed by atoms with Gasteiger partial charge in [-0.1, -0.05) is 18.2 Å². The Morgan fingerprint density at radius 2 is 2.16 bits per heavy atom. The van der Waals surface area contributed by atoms with Crippen LogP contribution in [-0.2, 0) is 26.1 Å². The van der Waals surface area contributed by atoms with Gasteiger partial charge in [0.1, 0.15) is 24.5 Å². The fourth-order valence-electron chi connectivity index (χ4n) is 3.05. The molecule has 6 nitrogen and oxygen atoms in total. The maximum Gasteiger partial charge on any atom is 0.138 e. The van der Waals surface area contributed by atoms with Crippen molar-refractivity contribution in [3.63, 3.8) is 0 Å². The highest BCUT2D eigenvalue weighted by Crippen LogP contribution is 2.16. The van der Waals surface area contributed by atoms with Crippen LogP contribution in [0.5, 0.6) is 5.75 Å². The Kier molecular flexibility index (Phi) is 4.70. The molecule has 3 heterocycles. The van der Waals surface area contributed by atoms with E-state index in [9.17, 15) is 0 Å². The maximum atomic E-state index is 5.85. The zero-order chi connectivity index (χ0) is 16.9. The van der Waals surface area contributed by atoms with Crippen LogP contribution in [0, 0.1) is 0 Å². The molecule has 4 rings (SSSR count). The van der Waals surface area contributed by atoms with E-state index in [1.807, 2.05) is 35.0 Å². The lowest BCUT2D eigenvalue weighted by atomic mass is 10.1. The molecule has 1 unspecified atom stereocenters. The van der Waals surface area contributed by atoms with Crippen LogP contribution >= 0.6 is 0 Å². The predicted molar refractivity (Wildman–Crippen MR) is 94.0 cm³/mol. The summed E-state index contributed by atoms with van der Waals surface area (Å²) in [6.07, 6.45) is 5.49. The normalized spacial score (nSPS) is 16.4. The van der Waals surface area contributed by atoms with Gasteiger partial charge in [-0.15, -0.1) is 0 Å². The first-order valence-electron chi connectivity index (χ1n) is 8.58. The first kappa shape index (κ1) is 15.8. The average Bonchev–Trinajstić information content (AvgIpc) is 3.14. The molecule has 1 aromatic carbocycles. The number of nitrogens with one attached hydrogen (secondary N) is 1. The molecule has 2 aromatic heterocycles. The summed E-state index contributed by atoms with van der Waals surface area (Å²) in [6, 6.07) is 14.5.